The summed E-state index contributed by atoms with van der Waals surface area (Å²) in [5.74, 6) is -0.282. The molecule has 0 aliphatic heterocycles. The average Bonchev–Trinajstić information content (AvgIpc) is 3.16. The highest BCUT2D eigenvalue weighted by atomic mass is 35.5. The first kappa shape index (κ1) is 24.7. The van der Waals surface area contributed by atoms with Crippen LogP contribution in [0.1, 0.15) is 46.1 Å². The average molecular weight is 509 g/mol. The third-order valence-corrected chi connectivity index (χ3v) is 7.00. The highest BCUT2D eigenvalue weighted by molar-refractivity contribution is 6.30. The van der Waals surface area contributed by atoms with Crippen molar-refractivity contribution < 1.29 is 4.79 Å². The van der Waals surface area contributed by atoms with Gasteiger partial charge in [-0.1, -0.05) is 60.5 Å². The normalized spacial score (nSPS) is 11.6. The van der Waals surface area contributed by atoms with E-state index in [0.717, 1.165) is 51.6 Å². The van der Waals surface area contributed by atoms with Crippen LogP contribution in [-0.2, 0) is 6.54 Å². The van der Waals surface area contributed by atoms with Gasteiger partial charge in [0, 0.05) is 39.2 Å². The van der Waals surface area contributed by atoms with Gasteiger partial charge in [0.15, 0.2) is 0 Å². The number of carbonyl (C=O) groups is 1. The fourth-order valence-electron chi connectivity index (χ4n) is 4.92. The van der Waals surface area contributed by atoms with Crippen molar-refractivity contribution in [2.24, 2.45) is 5.10 Å². The van der Waals surface area contributed by atoms with Gasteiger partial charge in [0.2, 0.25) is 0 Å². The van der Waals surface area contributed by atoms with Gasteiger partial charge in [0.05, 0.1) is 28.5 Å². The van der Waals surface area contributed by atoms with E-state index in [2.05, 4.69) is 54.1 Å². The van der Waals surface area contributed by atoms with Gasteiger partial charge in [-0.2, -0.15) is 5.10 Å². The number of fused-ring (bicyclic) bond motifs is 2. The first-order chi connectivity index (χ1) is 17.9. The number of hydrogen-bond acceptors (Lipinski definition) is 3. The molecular weight excluding hydrogens is 480 g/mol. The van der Waals surface area contributed by atoms with Crippen molar-refractivity contribution in [3.8, 4) is 11.3 Å². The quantitative estimate of drug-likeness (QED) is 0.189. The second-order valence-electron chi connectivity index (χ2n) is 9.40. The van der Waals surface area contributed by atoms with Crippen LogP contribution in [0.3, 0.4) is 0 Å². The molecular formula is C31H29ClN4O. The maximum absolute atomic E-state index is 13.4. The maximum Gasteiger partial charge on any atom is 0.272 e. The smallest absolute Gasteiger partial charge is 0.272 e. The van der Waals surface area contributed by atoms with Crippen LogP contribution >= 0.6 is 11.6 Å². The minimum absolute atomic E-state index is 0.282. The molecule has 0 fully saturated rings. The van der Waals surface area contributed by atoms with Crippen LogP contribution in [0.2, 0.25) is 5.02 Å². The van der Waals surface area contributed by atoms with E-state index in [1.54, 1.807) is 6.21 Å². The Morgan fingerprint density at radius 1 is 1.03 bits per heavy atom. The third-order valence-electron chi connectivity index (χ3n) is 6.75. The van der Waals surface area contributed by atoms with E-state index in [-0.39, 0.29) is 5.91 Å². The van der Waals surface area contributed by atoms with Crippen LogP contribution in [0.4, 0.5) is 0 Å². The van der Waals surface area contributed by atoms with Crippen LogP contribution in [-0.4, -0.2) is 21.7 Å². The van der Waals surface area contributed by atoms with Crippen molar-refractivity contribution in [2.75, 3.05) is 0 Å². The number of aromatic nitrogens is 2. The Bertz CT molecular complexity index is 1670. The lowest BCUT2D eigenvalue weighted by Gasteiger charge is -2.10. The van der Waals surface area contributed by atoms with Crippen molar-refractivity contribution in [1.82, 2.24) is 15.0 Å². The lowest BCUT2D eigenvalue weighted by molar-refractivity contribution is 0.0956. The van der Waals surface area contributed by atoms with Gasteiger partial charge < -0.3 is 4.57 Å². The number of aryl methyl sites for hydroxylation is 3. The number of hydrogen-bond donors (Lipinski definition) is 1. The number of nitrogens with zero attached hydrogens (tertiary/aromatic N) is 3. The largest absolute Gasteiger partial charge is 0.344 e. The van der Waals surface area contributed by atoms with Crippen LogP contribution in [0.25, 0.3) is 33.1 Å². The Kier molecular flexibility index (Phi) is 6.81. The van der Waals surface area contributed by atoms with E-state index in [0.29, 0.717) is 16.3 Å². The zero-order valence-electron chi connectivity index (χ0n) is 21.5. The molecule has 3 aromatic carbocycles. The number of hydrazone groups is 1. The summed E-state index contributed by atoms with van der Waals surface area (Å²) in [6.07, 6.45) is 2.80. The van der Waals surface area contributed by atoms with E-state index < -0.39 is 0 Å². The van der Waals surface area contributed by atoms with Gasteiger partial charge in [-0.15, -0.1) is 0 Å². The molecule has 5 rings (SSSR count). The van der Waals surface area contributed by atoms with Crippen molar-refractivity contribution >= 4 is 45.5 Å². The zero-order valence-corrected chi connectivity index (χ0v) is 22.2. The Morgan fingerprint density at radius 2 is 1.81 bits per heavy atom. The minimum Gasteiger partial charge on any atom is -0.344 e. The van der Waals surface area contributed by atoms with E-state index in [1.807, 2.05) is 55.5 Å². The van der Waals surface area contributed by atoms with Gasteiger partial charge in [-0.25, -0.2) is 10.4 Å². The summed E-state index contributed by atoms with van der Waals surface area (Å²) in [7, 11) is 0. The molecule has 0 aliphatic carbocycles. The summed E-state index contributed by atoms with van der Waals surface area (Å²) >= 11 is 6.07. The molecule has 0 bridgehead atoms. The summed E-state index contributed by atoms with van der Waals surface area (Å²) in [6.45, 7) is 9.35. The molecule has 2 aromatic heterocycles. The van der Waals surface area contributed by atoms with Crippen LogP contribution in [0.5, 0.6) is 0 Å². The molecule has 0 unspecified atom stereocenters. The monoisotopic (exact) mass is 508 g/mol. The molecule has 0 radical (unpaired) electrons. The lowest BCUT2D eigenvalue weighted by atomic mass is 10.0. The SMILES string of the molecule is CCCn1c(C)c(/C=N/NC(=O)c2cc(-c3ccc(Cl)cc3)nc3ccc(C)cc23)c2cccc(C)c21. The van der Waals surface area contributed by atoms with E-state index >= 15 is 0 Å². The zero-order chi connectivity index (χ0) is 26.1. The molecule has 0 saturated carbocycles. The van der Waals surface area contributed by atoms with Crippen LogP contribution in [0, 0.1) is 20.8 Å². The molecule has 0 saturated heterocycles. The molecule has 1 N–H and O–H groups in total. The van der Waals surface area contributed by atoms with E-state index in [4.69, 9.17) is 16.6 Å². The summed E-state index contributed by atoms with van der Waals surface area (Å²) < 4.78 is 2.34. The number of nitrogens with one attached hydrogen (secondary N) is 1. The van der Waals surface area contributed by atoms with Crippen molar-refractivity contribution in [1.29, 1.82) is 0 Å². The molecule has 37 heavy (non-hydrogen) atoms. The second-order valence-corrected chi connectivity index (χ2v) is 9.84. The number of halogens is 1. The Hall–Kier alpha value is -3.96. The molecule has 5 aromatic rings. The van der Waals surface area contributed by atoms with Crippen LogP contribution < -0.4 is 5.43 Å². The van der Waals surface area contributed by atoms with E-state index in [1.165, 1.54) is 11.1 Å². The van der Waals surface area contributed by atoms with Gasteiger partial charge in [0.25, 0.3) is 5.91 Å². The minimum atomic E-state index is -0.282. The first-order valence-corrected chi connectivity index (χ1v) is 12.8. The number of rotatable bonds is 6. The Morgan fingerprint density at radius 3 is 2.57 bits per heavy atom. The predicted octanol–water partition coefficient (Wildman–Crippen LogP) is 7.61. The third kappa shape index (κ3) is 4.75. The van der Waals surface area contributed by atoms with Crippen molar-refractivity contribution in [3.05, 3.63) is 99.7 Å². The summed E-state index contributed by atoms with van der Waals surface area (Å²) in [6, 6.07) is 21.5. The number of para-hydroxylation sites is 1. The Balaban J connectivity index is 1.52. The molecule has 0 atom stereocenters. The summed E-state index contributed by atoms with van der Waals surface area (Å²) in [4.78, 5) is 18.2. The number of benzene rings is 3. The molecule has 2 heterocycles. The second kappa shape index (κ2) is 10.2. The van der Waals surface area contributed by atoms with E-state index in [9.17, 15) is 4.79 Å². The molecule has 1 amide bonds. The summed E-state index contributed by atoms with van der Waals surface area (Å²) in [5.41, 5.74) is 11.3. The maximum atomic E-state index is 13.4. The van der Waals surface area contributed by atoms with Crippen molar-refractivity contribution in [3.63, 3.8) is 0 Å². The molecule has 0 aliphatic rings. The predicted molar refractivity (Wildman–Crippen MR) is 154 cm³/mol. The van der Waals surface area contributed by atoms with Gasteiger partial charge in [-0.3, -0.25) is 4.79 Å². The molecule has 6 heteroatoms. The van der Waals surface area contributed by atoms with Gasteiger partial charge >= 0.3 is 0 Å². The van der Waals surface area contributed by atoms with Crippen LogP contribution in [0.15, 0.2) is 71.8 Å². The molecule has 5 nitrogen and oxygen atoms in total. The topological polar surface area (TPSA) is 59.3 Å². The summed E-state index contributed by atoms with van der Waals surface area (Å²) in [5, 5.41) is 6.98. The standard InChI is InChI=1S/C31H29ClN4O/c1-5-15-36-21(4)27(24-8-6-7-20(3)30(24)36)18-33-35-31(37)26-17-29(22-10-12-23(32)13-11-22)34-28-14-9-19(2)16-25(26)28/h6-14,16-18H,5,15H2,1-4H3,(H,35,37)/b33-18+. The Labute approximate surface area is 221 Å². The number of pyridine rings is 1. The lowest BCUT2D eigenvalue weighted by Crippen LogP contribution is -2.18. The number of amides is 1. The fraction of sp³-hybridized carbons (Fsp3) is 0.194. The first-order valence-electron chi connectivity index (χ1n) is 12.5. The number of carbonyl (C=O) groups excluding carboxylic acids is 1. The molecule has 186 valence electrons. The molecule has 0 spiro atoms. The van der Waals surface area contributed by atoms with Crippen molar-refractivity contribution in [2.45, 2.75) is 40.7 Å². The highest BCUT2D eigenvalue weighted by Gasteiger charge is 2.16. The van der Waals surface area contributed by atoms with Gasteiger partial charge in [0.1, 0.15) is 0 Å². The van der Waals surface area contributed by atoms with Gasteiger partial charge in [-0.05, 0) is 63.1 Å². The highest BCUT2D eigenvalue weighted by Crippen LogP contribution is 2.29. The fourth-order valence-corrected chi connectivity index (χ4v) is 5.05.